The van der Waals surface area contributed by atoms with Crippen LogP contribution in [0.2, 0.25) is 0 Å². The van der Waals surface area contributed by atoms with E-state index in [0.29, 0.717) is 5.56 Å². The molecule has 1 heterocycles. The Labute approximate surface area is 291 Å². The van der Waals surface area contributed by atoms with Crippen LogP contribution in [0.3, 0.4) is 0 Å². The molecule has 0 saturated heterocycles. The quantitative estimate of drug-likeness (QED) is 0.0839. The van der Waals surface area contributed by atoms with E-state index < -0.39 is 97.1 Å². The summed E-state index contributed by atoms with van der Waals surface area (Å²) >= 11 is 0. The Bertz CT molecular complexity index is 2480. The maximum atomic E-state index is 14.2. The van der Waals surface area contributed by atoms with Crippen LogP contribution in [-0.4, -0.2) is 69.7 Å². The monoisotopic (exact) mass is 706 g/mol. The molecular formula is C37H26N2O13. The Morgan fingerprint density at radius 1 is 0.904 bits per heavy atom. The Balaban J connectivity index is 1.29. The molecule has 3 aliphatic rings. The maximum Gasteiger partial charge on any atom is 0.412 e. The lowest BCUT2D eigenvalue weighted by atomic mass is 9.76. The van der Waals surface area contributed by atoms with Gasteiger partial charge in [-0.2, -0.15) is 0 Å². The minimum atomic E-state index is -2.22. The molecule has 0 bridgehead atoms. The van der Waals surface area contributed by atoms with Gasteiger partial charge in [0.05, 0.1) is 41.9 Å². The number of pyridine rings is 1. The van der Waals surface area contributed by atoms with Crippen LogP contribution in [0.15, 0.2) is 64.8 Å². The fraction of sp³-hybridized carbons (Fsp3) is 0.162. The first kappa shape index (κ1) is 33.5. The Kier molecular flexibility index (Phi) is 7.78. The third-order valence-corrected chi connectivity index (χ3v) is 9.42. The molecule has 0 aliphatic heterocycles. The fourth-order valence-corrected chi connectivity index (χ4v) is 7.12. The molecule has 1 amide bonds. The average Bonchev–Trinajstić information content (AvgIpc) is 3.62. The summed E-state index contributed by atoms with van der Waals surface area (Å²) < 4.78 is 14.9. The van der Waals surface area contributed by atoms with Crippen LogP contribution in [-0.2, 0) is 37.4 Å². The number of Topliss-reactive ketones (excluding diaryl/α,β-unsaturated/α-hetero) is 3. The molecule has 7 rings (SSSR count). The number of amides is 1. The van der Waals surface area contributed by atoms with Gasteiger partial charge in [0.2, 0.25) is 5.78 Å². The van der Waals surface area contributed by atoms with E-state index in [9.17, 15) is 48.9 Å². The van der Waals surface area contributed by atoms with Crippen LogP contribution in [0.4, 0.5) is 4.79 Å². The SMILES string of the molecule is COC(=O)C(=Cc1cc2cc3c(c(O)c2c(=O)[nH]1)[C@@]1(CC3)C(=O)c2c(O)c3c(c(O)c2C1=O)C(=O)C(OC)=CC3=O)NC(=O)OCc1ccccc1. The first-order chi connectivity index (χ1) is 24.8. The summed E-state index contributed by atoms with van der Waals surface area (Å²) in [4.78, 5) is 95.4. The lowest BCUT2D eigenvalue weighted by molar-refractivity contribution is -0.136. The molecular weight excluding hydrogens is 680 g/mol. The van der Waals surface area contributed by atoms with Gasteiger partial charge in [-0.3, -0.25) is 29.3 Å². The minimum absolute atomic E-state index is 0.00691. The van der Waals surface area contributed by atoms with Gasteiger partial charge in [0.1, 0.15) is 35.0 Å². The summed E-state index contributed by atoms with van der Waals surface area (Å²) in [7, 11) is 2.19. The molecule has 262 valence electrons. The number of phenolic OH excluding ortho intramolecular Hbond substituents is 3. The van der Waals surface area contributed by atoms with Crippen molar-refractivity contribution >= 4 is 52.0 Å². The summed E-state index contributed by atoms with van der Waals surface area (Å²) in [6.07, 6.45) is 0.672. The highest BCUT2D eigenvalue weighted by molar-refractivity contribution is 6.38. The molecule has 52 heavy (non-hydrogen) atoms. The van der Waals surface area contributed by atoms with Crippen LogP contribution in [0.25, 0.3) is 16.8 Å². The number of methoxy groups -OCH3 is 2. The second-order valence-corrected chi connectivity index (χ2v) is 12.2. The van der Waals surface area contributed by atoms with Gasteiger partial charge in [-0.1, -0.05) is 36.4 Å². The van der Waals surface area contributed by atoms with Crippen molar-refractivity contribution in [3.8, 4) is 17.2 Å². The molecule has 0 saturated carbocycles. The number of hydrogen-bond acceptors (Lipinski definition) is 13. The number of alkyl carbamates (subject to hydrolysis) is 1. The molecule has 5 N–H and O–H groups in total. The first-order valence-electron chi connectivity index (χ1n) is 15.6. The van der Waals surface area contributed by atoms with Crippen LogP contribution in [0, 0.1) is 0 Å². The highest BCUT2D eigenvalue weighted by Gasteiger charge is 2.61. The van der Waals surface area contributed by atoms with E-state index in [2.05, 4.69) is 10.3 Å². The zero-order valence-electron chi connectivity index (χ0n) is 27.2. The molecule has 3 aliphatic carbocycles. The van der Waals surface area contributed by atoms with Gasteiger partial charge in [0, 0.05) is 17.3 Å². The van der Waals surface area contributed by atoms with Crippen LogP contribution < -0.4 is 10.9 Å². The summed E-state index contributed by atoms with van der Waals surface area (Å²) in [5.74, 6) is -8.18. The molecule has 1 atom stereocenters. The van der Waals surface area contributed by atoms with Crippen molar-refractivity contribution in [2.24, 2.45) is 0 Å². The molecule has 15 heteroatoms. The van der Waals surface area contributed by atoms with Crippen molar-refractivity contribution in [2.75, 3.05) is 14.2 Å². The van der Waals surface area contributed by atoms with E-state index >= 15 is 0 Å². The number of aromatic nitrogens is 1. The van der Waals surface area contributed by atoms with Gasteiger partial charge >= 0.3 is 12.1 Å². The second kappa shape index (κ2) is 12.1. The largest absolute Gasteiger partial charge is 0.507 e. The second-order valence-electron chi connectivity index (χ2n) is 12.2. The number of allylic oxidation sites excluding steroid dienone is 2. The third-order valence-electron chi connectivity index (χ3n) is 9.42. The zero-order chi connectivity index (χ0) is 37.2. The highest BCUT2D eigenvalue weighted by Crippen LogP contribution is 2.57. The predicted molar refractivity (Wildman–Crippen MR) is 178 cm³/mol. The number of benzene rings is 3. The van der Waals surface area contributed by atoms with Crippen molar-refractivity contribution in [3.63, 3.8) is 0 Å². The Hall–Kier alpha value is -7.03. The van der Waals surface area contributed by atoms with Gasteiger partial charge in [-0.15, -0.1) is 0 Å². The molecule has 0 radical (unpaired) electrons. The van der Waals surface area contributed by atoms with Gasteiger partial charge in [-0.05, 0) is 41.5 Å². The number of hydrogen-bond donors (Lipinski definition) is 5. The Morgan fingerprint density at radius 2 is 1.58 bits per heavy atom. The van der Waals surface area contributed by atoms with E-state index in [-0.39, 0.29) is 47.0 Å². The number of rotatable bonds is 6. The lowest BCUT2D eigenvalue weighted by Gasteiger charge is -2.22. The van der Waals surface area contributed by atoms with Gasteiger partial charge in [0.15, 0.2) is 23.1 Å². The minimum Gasteiger partial charge on any atom is -0.507 e. The van der Waals surface area contributed by atoms with Crippen molar-refractivity contribution in [2.45, 2.75) is 24.9 Å². The summed E-state index contributed by atoms with van der Waals surface area (Å²) in [5.41, 5.74) is -5.58. The molecule has 3 aromatic carbocycles. The van der Waals surface area contributed by atoms with Crippen molar-refractivity contribution in [1.29, 1.82) is 0 Å². The molecule has 1 aromatic heterocycles. The number of carbonyl (C=O) groups excluding carboxylic acids is 6. The Morgan fingerprint density at radius 3 is 2.23 bits per heavy atom. The topological polar surface area (TPSA) is 236 Å². The number of H-pyrrole nitrogens is 1. The van der Waals surface area contributed by atoms with Crippen LogP contribution in [0.1, 0.15) is 70.2 Å². The van der Waals surface area contributed by atoms with E-state index in [0.717, 1.165) is 26.4 Å². The third kappa shape index (κ3) is 4.77. The number of aromatic hydroxyl groups is 3. The van der Waals surface area contributed by atoms with Gasteiger partial charge in [0.25, 0.3) is 5.56 Å². The summed E-state index contributed by atoms with van der Waals surface area (Å²) in [5, 5.41) is 36.1. The first-order valence-corrected chi connectivity index (χ1v) is 15.6. The van der Waals surface area contributed by atoms with Crippen molar-refractivity contribution in [1.82, 2.24) is 10.3 Å². The number of aromatic amines is 1. The molecule has 0 unspecified atom stereocenters. The maximum absolute atomic E-state index is 14.2. The average molecular weight is 707 g/mol. The van der Waals surface area contributed by atoms with Crippen LogP contribution in [0.5, 0.6) is 17.2 Å². The fourth-order valence-electron chi connectivity index (χ4n) is 7.12. The lowest BCUT2D eigenvalue weighted by Crippen LogP contribution is -2.36. The van der Waals surface area contributed by atoms with E-state index in [1.54, 1.807) is 30.3 Å². The number of ether oxygens (including phenoxy) is 3. The van der Waals surface area contributed by atoms with Gasteiger partial charge in [-0.25, -0.2) is 9.59 Å². The number of ketones is 4. The van der Waals surface area contributed by atoms with Gasteiger partial charge < -0.3 is 34.5 Å². The number of phenols is 3. The number of esters is 1. The normalized spacial score (nSPS) is 17.5. The van der Waals surface area contributed by atoms with Crippen molar-refractivity contribution < 1.29 is 58.3 Å². The van der Waals surface area contributed by atoms with E-state index in [1.165, 1.54) is 12.1 Å². The number of carbonyl (C=O) groups is 6. The smallest absolute Gasteiger partial charge is 0.412 e. The molecule has 1 spiro atoms. The molecule has 15 nitrogen and oxygen atoms in total. The highest BCUT2D eigenvalue weighted by atomic mass is 16.6. The summed E-state index contributed by atoms with van der Waals surface area (Å²) in [6, 6.07) is 11.6. The predicted octanol–water partition coefficient (Wildman–Crippen LogP) is 3.26. The van der Waals surface area contributed by atoms with Crippen LogP contribution >= 0.6 is 0 Å². The number of nitrogens with one attached hydrogen (secondary N) is 2. The van der Waals surface area contributed by atoms with Crippen molar-refractivity contribution in [3.05, 3.63) is 115 Å². The zero-order valence-corrected chi connectivity index (χ0v) is 27.2. The molecule has 0 fully saturated rings. The number of aryl methyl sites for hydroxylation is 1. The summed E-state index contributed by atoms with van der Waals surface area (Å²) in [6.45, 7) is -0.0976. The molecule has 4 aromatic rings. The van der Waals surface area contributed by atoms with E-state index in [4.69, 9.17) is 14.2 Å². The standard InChI is InChI=1S/C37H26N2O13/c1-50-21-13-20(40)23-24(28(21)41)30(43)26-25(29(23)42)32(45)37(33(26)46)9-8-16-10-17-11-18(38-34(47)22(17)31(44)27(16)37)12-19(35(48)51-2)39-36(49)52-14-15-6-4-3-5-7-15/h3-7,10-13,42-44H,8-9,14H2,1-2H3,(H,38,47)(H,39,49)/t37-/m0/s1. The van der Waals surface area contributed by atoms with E-state index in [1.807, 2.05) is 0 Å². The number of fused-ring (bicyclic) bond motifs is 5.